The molecule has 5 N–H and O–H groups in total. The van der Waals surface area contributed by atoms with Crippen LogP contribution in [0.15, 0.2) is 52.9 Å². The van der Waals surface area contributed by atoms with E-state index in [2.05, 4.69) is 20.9 Å². The Labute approximate surface area is 337 Å². The van der Waals surface area contributed by atoms with Gasteiger partial charge in [0.15, 0.2) is 5.76 Å². The molecular formula is C40H54N5O12P. The molecule has 1 aliphatic heterocycles. The summed E-state index contributed by atoms with van der Waals surface area (Å²) in [5.74, 6) is -2.96. The number of hydrogen-bond donors (Lipinski definition) is 5. The quantitative estimate of drug-likeness (QED) is 0.0313. The summed E-state index contributed by atoms with van der Waals surface area (Å²) < 4.78 is 28.0. The minimum Gasteiger partial charge on any atom is -0.493 e. The van der Waals surface area contributed by atoms with Crippen LogP contribution in [-0.4, -0.2) is 102 Å². The van der Waals surface area contributed by atoms with E-state index in [0.29, 0.717) is 55.6 Å². The zero-order chi connectivity index (χ0) is 42.2. The normalized spacial score (nSPS) is 14.2. The largest absolute Gasteiger partial charge is 0.493 e. The van der Waals surface area contributed by atoms with Gasteiger partial charge in [-0.15, -0.1) is 0 Å². The first-order chi connectivity index (χ1) is 27.8. The third kappa shape index (κ3) is 13.2. The maximum absolute atomic E-state index is 13.7. The van der Waals surface area contributed by atoms with Crippen molar-refractivity contribution in [3.8, 4) is 17.1 Å². The van der Waals surface area contributed by atoms with Gasteiger partial charge in [-0.3, -0.25) is 28.6 Å². The summed E-state index contributed by atoms with van der Waals surface area (Å²) in [4.78, 5) is 91.2. The highest BCUT2D eigenvalue weighted by atomic mass is 31.2. The Morgan fingerprint density at radius 2 is 1.69 bits per heavy atom. The zero-order valence-electron chi connectivity index (χ0n) is 33.4. The predicted octanol–water partition coefficient (Wildman–Crippen LogP) is 4.36. The van der Waals surface area contributed by atoms with Crippen LogP contribution in [0, 0.1) is 12.8 Å². The summed E-state index contributed by atoms with van der Waals surface area (Å²) in [5.41, 5.74) is 2.55. The molecule has 1 fully saturated rings. The molecule has 1 aliphatic rings. The van der Waals surface area contributed by atoms with Crippen molar-refractivity contribution in [2.45, 2.75) is 72.4 Å². The molecule has 4 amide bonds. The number of aryl methyl sites for hydroxylation is 1. The molecular weight excluding hydrogens is 773 g/mol. The van der Waals surface area contributed by atoms with Crippen molar-refractivity contribution >= 4 is 37.7 Å². The van der Waals surface area contributed by atoms with Crippen molar-refractivity contribution in [3.63, 3.8) is 0 Å². The van der Waals surface area contributed by atoms with E-state index in [1.807, 2.05) is 19.1 Å². The Kier molecular flexibility index (Phi) is 17.5. The van der Waals surface area contributed by atoms with Gasteiger partial charge in [-0.25, -0.2) is 4.79 Å². The van der Waals surface area contributed by atoms with Gasteiger partial charge >= 0.3 is 13.6 Å². The molecule has 18 heteroatoms. The molecule has 1 unspecified atom stereocenters. The van der Waals surface area contributed by atoms with Crippen molar-refractivity contribution in [3.05, 3.63) is 76.5 Å². The number of amides is 4. The smallest absolute Gasteiger partial charge is 0.363 e. The number of benzene rings is 2. The minimum absolute atomic E-state index is 0.0483. The van der Waals surface area contributed by atoms with Crippen molar-refractivity contribution in [1.29, 1.82) is 0 Å². The van der Waals surface area contributed by atoms with Gasteiger partial charge in [-0.2, -0.15) is 5.06 Å². The van der Waals surface area contributed by atoms with Crippen molar-refractivity contribution in [2.75, 3.05) is 45.9 Å². The second kappa shape index (κ2) is 22.2. The Morgan fingerprint density at radius 3 is 2.34 bits per heavy atom. The van der Waals surface area contributed by atoms with Crippen molar-refractivity contribution < 1.29 is 57.1 Å². The summed E-state index contributed by atoms with van der Waals surface area (Å²) in [6.45, 7) is 11.0. The molecule has 1 saturated heterocycles. The monoisotopic (exact) mass is 827 g/mol. The Bertz CT molecular complexity index is 1920. The number of hydroxylamine groups is 2. The lowest BCUT2D eigenvalue weighted by Crippen LogP contribution is -2.49. The molecule has 2 heterocycles. The lowest BCUT2D eigenvalue weighted by molar-refractivity contribution is -0.171. The fraction of sp³-hybridized carbons (Fsp3) is 0.475. The van der Waals surface area contributed by atoms with Gasteiger partial charge in [-0.1, -0.05) is 51.3 Å². The highest BCUT2D eigenvalue weighted by Crippen LogP contribution is 2.33. The predicted molar refractivity (Wildman–Crippen MR) is 212 cm³/mol. The van der Waals surface area contributed by atoms with Crippen LogP contribution >= 0.6 is 7.60 Å². The molecule has 2 aromatic carbocycles. The molecule has 17 nitrogen and oxygen atoms in total. The molecule has 0 radical (unpaired) electrons. The fourth-order valence-electron chi connectivity index (χ4n) is 6.59. The number of carbonyl (C=O) groups excluding carboxylic acids is 5. The molecule has 1 aromatic heterocycles. The van der Waals surface area contributed by atoms with Gasteiger partial charge < -0.3 is 44.5 Å². The number of hydrogen-bond acceptors (Lipinski definition) is 11. The highest BCUT2D eigenvalue weighted by Gasteiger charge is 2.34. The average molecular weight is 828 g/mol. The van der Waals surface area contributed by atoms with E-state index in [1.165, 1.54) is 24.3 Å². The van der Waals surface area contributed by atoms with E-state index in [4.69, 9.17) is 28.5 Å². The van der Waals surface area contributed by atoms with E-state index in [9.17, 15) is 28.5 Å². The summed E-state index contributed by atoms with van der Waals surface area (Å²) in [6.07, 6.45) is 2.70. The number of ether oxygens (including phenoxy) is 2. The first kappa shape index (κ1) is 45.6. The number of morpholine rings is 1. The average Bonchev–Trinajstić information content (AvgIpc) is 3.70. The molecule has 0 saturated carbocycles. The Balaban J connectivity index is 1.38. The van der Waals surface area contributed by atoms with E-state index in [-0.39, 0.29) is 36.1 Å². The van der Waals surface area contributed by atoms with Gasteiger partial charge in [0, 0.05) is 25.2 Å². The lowest BCUT2D eigenvalue weighted by atomic mass is 9.90. The van der Waals surface area contributed by atoms with Crippen molar-refractivity contribution in [2.24, 2.45) is 5.92 Å². The van der Waals surface area contributed by atoms with Crippen LogP contribution in [0.1, 0.15) is 95.3 Å². The molecule has 0 spiro atoms. The van der Waals surface area contributed by atoms with Crippen LogP contribution in [0.5, 0.6) is 5.75 Å². The first-order valence-electron chi connectivity index (χ1n) is 19.4. The zero-order valence-corrected chi connectivity index (χ0v) is 34.3. The number of unbranched alkanes of at least 4 members (excludes halogenated alkanes) is 2. The van der Waals surface area contributed by atoms with Crippen LogP contribution in [0.4, 0.5) is 0 Å². The standard InChI is InChI=1S/C40H54N5O12P/c1-5-8-9-10-31(33(6-2)45(26-46)57-40(50)30-13-11-28(21-27(30)4)23-44-17-19-54-20-18-44)37(47)41-24-42-39(49)35-16-15-34(56-35)29-12-14-32(36(22-29)55-7-3)38(48)43-25-58(51,52)53/h11-16,21-22,26,31,33H,5-10,17-20,23-25H2,1-4H3,(H,41,47)(H,42,49)(H,43,48)(H2,51,52,53)/t31?,33-/m1/s1. The molecule has 58 heavy (non-hydrogen) atoms. The van der Waals surface area contributed by atoms with E-state index in [0.717, 1.165) is 43.1 Å². The Morgan fingerprint density at radius 1 is 0.948 bits per heavy atom. The third-order valence-corrected chi connectivity index (χ3v) is 10.1. The molecule has 0 bridgehead atoms. The van der Waals surface area contributed by atoms with Gasteiger partial charge in [-0.05, 0) is 68.1 Å². The maximum Gasteiger partial charge on any atom is 0.363 e. The summed E-state index contributed by atoms with van der Waals surface area (Å²) in [7, 11) is -4.48. The molecule has 0 aliphatic carbocycles. The Hall–Kier alpha value is -5.06. The van der Waals surface area contributed by atoms with Gasteiger partial charge in [0.1, 0.15) is 17.8 Å². The second-order valence-electron chi connectivity index (χ2n) is 13.8. The van der Waals surface area contributed by atoms with Crippen LogP contribution in [0.3, 0.4) is 0 Å². The molecule has 3 aromatic rings. The molecule has 2 atom stereocenters. The number of nitrogens with zero attached hydrogens (tertiary/aromatic N) is 2. The minimum atomic E-state index is -4.48. The van der Waals surface area contributed by atoms with Crippen LogP contribution in [0.2, 0.25) is 0 Å². The summed E-state index contributed by atoms with van der Waals surface area (Å²) >= 11 is 0. The van der Waals surface area contributed by atoms with Gasteiger partial charge in [0.2, 0.25) is 12.3 Å². The second-order valence-corrected chi connectivity index (χ2v) is 15.5. The van der Waals surface area contributed by atoms with E-state index >= 15 is 0 Å². The van der Waals surface area contributed by atoms with E-state index in [1.54, 1.807) is 32.9 Å². The maximum atomic E-state index is 13.7. The van der Waals surface area contributed by atoms with Crippen LogP contribution in [0.25, 0.3) is 11.3 Å². The summed E-state index contributed by atoms with van der Waals surface area (Å²) in [6, 6.07) is 12.1. The number of rotatable bonds is 22. The van der Waals surface area contributed by atoms with Crippen molar-refractivity contribution in [1.82, 2.24) is 25.9 Å². The molecule has 4 rings (SSSR count). The number of nitrogens with one attached hydrogen (secondary N) is 3. The topological polar surface area (TPSA) is 226 Å². The number of carbonyl (C=O) groups is 5. The SMILES string of the molecule is CCCCCC(C(=O)NCNC(=O)c1ccc(-c2ccc(C(=O)NCP(=O)(O)O)c(OCC)c2)o1)[C@@H](CC)N(C=O)OC(=O)c1ccc(CN2CCOCC2)cc1C. The molecule has 316 valence electrons. The van der Waals surface area contributed by atoms with Gasteiger partial charge in [0.25, 0.3) is 11.8 Å². The lowest BCUT2D eigenvalue weighted by Gasteiger charge is -2.32. The van der Waals surface area contributed by atoms with Crippen LogP contribution < -0.4 is 20.7 Å². The summed E-state index contributed by atoms with van der Waals surface area (Å²) in [5, 5.41) is 8.42. The fourth-order valence-corrected chi connectivity index (χ4v) is 6.94. The van der Waals surface area contributed by atoms with Gasteiger partial charge in [0.05, 0.1) is 49.6 Å². The first-order valence-corrected chi connectivity index (χ1v) is 21.2. The third-order valence-electron chi connectivity index (χ3n) is 9.58. The highest BCUT2D eigenvalue weighted by molar-refractivity contribution is 7.51. The number of furan rings is 1. The van der Waals surface area contributed by atoms with Crippen LogP contribution in [-0.2, 0) is 30.3 Å². The van der Waals surface area contributed by atoms with E-state index < -0.39 is 49.5 Å².